The highest BCUT2D eigenvalue weighted by atomic mass is 19.4. The summed E-state index contributed by atoms with van der Waals surface area (Å²) in [5, 5.41) is 8.39. The second-order valence-electron chi connectivity index (χ2n) is 11.5. The number of likely N-dealkylation sites (tertiary alicyclic amines) is 1. The molecule has 0 unspecified atom stereocenters. The highest BCUT2D eigenvalue weighted by molar-refractivity contribution is 5.58. The van der Waals surface area contributed by atoms with Gasteiger partial charge in [0.1, 0.15) is 17.8 Å². The highest BCUT2D eigenvalue weighted by Crippen LogP contribution is 2.43. The number of rotatable bonds is 6. The Kier molecular flexibility index (Phi) is 6.59. The van der Waals surface area contributed by atoms with Crippen LogP contribution >= 0.6 is 0 Å². The molecule has 4 heterocycles. The zero-order valence-electron chi connectivity index (χ0n) is 22.5. The van der Waals surface area contributed by atoms with Gasteiger partial charge < -0.3 is 4.57 Å². The summed E-state index contributed by atoms with van der Waals surface area (Å²) in [6.45, 7) is 2.66. The molecule has 1 saturated carbocycles. The molecule has 6 rings (SSSR count). The summed E-state index contributed by atoms with van der Waals surface area (Å²) >= 11 is 0. The lowest BCUT2D eigenvalue weighted by Gasteiger charge is -2.34. The highest BCUT2D eigenvalue weighted by Gasteiger charge is 2.36. The molecule has 0 amide bonds. The Morgan fingerprint density at radius 3 is 2.50 bits per heavy atom. The van der Waals surface area contributed by atoms with E-state index in [-0.39, 0.29) is 18.0 Å². The molecular formula is C29H32F4N6O. The summed E-state index contributed by atoms with van der Waals surface area (Å²) in [7, 11) is 1.90. The number of aryl methyl sites for hydroxylation is 1. The van der Waals surface area contributed by atoms with Crippen LogP contribution in [0.25, 0.3) is 11.2 Å². The van der Waals surface area contributed by atoms with Gasteiger partial charge in [0.25, 0.3) is 0 Å². The third-order valence-electron chi connectivity index (χ3n) is 8.59. The monoisotopic (exact) mass is 556 g/mol. The van der Waals surface area contributed by atoms with Gasteiger partial charge in [0, 0.05) is 45.0 Å². The first kappa shape index (κ1) is 26.7. The fraction of sp³-hybridized carbons (Fsp3) is 0.483. The molecule has 1 atom stereocenters. The van der Waals surface area contributed by atoms with Crippen LogP contribution in [0.1, 0.15) is 67.5 Å². The number of halogens is 4. The Bertz CT molecular complexity index is 1590. The van der Waals surface area contributed by atoms with Gasteiger partial charge in [-0.1, -0.05) is 18.6 Å². The van der Waals surface area contributed by atoms with E-state index >= 15 is 0 Å². The molecule has 212 valence electrons. The van der Waals surface area contributed by atoms with E-state index in [1.807, 2.05) is 34.7 Å². The summed E-state index contributed by atoms with van der Waals surface area (Å²) in [6.07, 6.45) is 3.64. The van der Waals surface area contributed by atoms with Gasteiger partial charge in [0.15, 0.2) is 0 Å². The number of hydrogen-bond donors (Lipinski definition) is 0. The molecule has 3 aromatic heterocycles. The first-order valence-corrected chi connectivity index (χ1v) is 13.7. The topological polar surface area (TPSA) is 60.4 Å². The van der Waals surface area contributed by atoms with Crippen LogP contribution in [0.2, 0.25) is 0 Å². The predicted octanol–water partition coefficient (Wildman–Crippen LogP) is 5.49. The average molecular weight is 557 g/mol. The summed E-state index contributed by atoms with van der Waals surface area (Å²) in [6, 6.07) is 8.51. The summed E-state index contributed by atoms with van der Waals surface area (Å²) in [5.41, 5.74) is -1.10. The normalized spacial score (nSPS) is 19.1. The molecule has 1 aromatic carbocycles. The van der Waals surface area contributed by atoms with Crippen molar-refractivity contribution in [1.82, 2.24) is 28.6 Å². The molecule has 0 bridgehead atoms. The van der Waals surface area contributed by atoms with E-state index in [0.717, 1.165) is 41.1 Å². The lowest BCUT2D eigenvalue weighted by Crippen LogP contribution is -2.39. The summed E-state index contributed by atoms with van der Waals surface area (Å²) in [4.78, 5) is 15.5. The van der Waals surface area contributed by atoms with E-state index in [1.54, 1.807) is 19.3 Å². The number of aromatic nitrogens is 5. The van der Waals surface area contributed by atoms with E-state index in [2.05, 4.69) is 10.2 Å². The minimum atomic E-state index is -4.65. The molecule has 40 heavy (non-hydrogen) atoms. The van der Waals surface area contributed by atoms with Gasteiger partial charge in [-0.3, -0.25) is 13.9 Å². The quantitative estimate of drug-likeness (QED) is 0.295. The number of hydrogen-bond acceptors (Lipinski definition) is 4. The third kappa shape index (κ3) is 4.95. The number of piperidine rings is 1. The van der Waals surface area contributed by atoms with Gasteiger partial charge in [-0.05, 0) is 67.9 Å². The van der Waals surface area contributed by atoms with Crippen molar-refractivity contribution in [2.75, 3.05) is 13.1 Å². The fourth-order valence-electron chi connectivity index (χ4n) is 6.03. The number of alkyl halides is 4. The molecule has 7 nitrogen and oxygen atoms in total. The van der Waals surface area contributed by atoms with E-state index in [4.69, 9.17) is 0 Å². The number of benzene rings is 1. The van der Waals surface area contributed by atoms with Crippen molar-refractivity contribution in [3.8, 4) is 5.69 Å². The molecule has 1 aliphatic heterocycles. The molecule has 2 fully saturated rings. The molecule has 2 aliphatic rings. The zero-order chi connectivity index (χ0) is 28.2. The van der Waals surface area contributed by atoms with Crippen molar-refractivity contribution in [2.24, 2.45) is 13.0 Å². The maximum Gasteiger partial charge on any atom is 0.418 e. The molecule has 1 aliphatic carbocycles. The molecule has 0 N–H and O–H groups in total. The molecule has 11 heteroatoms. The molecule has 0 spiro atoms. The van der Waals surface area contributed by atoms with Crippen molar-refractivity contribution < 1.29 is 17.6 Å². The maximum atomic E-state index is 14.2. The smallest absolute Gasteiger partial charge is 0.320 e. The molecule has 0 radical (unpaired) electrons. The maximum absolute atomic E-state index is 14.2. The zero-order valence-corrected chi connectivity index (χ0v) is 22.5. The Balaban J connectivity index is 1.40. The second kappa shape index (κ2) is 9.87. The second-order valence-corrected chi connectivity index (χ2v) is 11.5. The lowest BCUT2D eigenvalue weighted by atomic mass is 9.72. The van der Waals surface area contributed by atoms with Gasteiger partial charge in [-0.2, -0.15) is 13.2 Å². The van der Waals surface area contributed by atoms with Crippen LogP contribution in [-0.2, 0) is 19.8 Å². The predicted molar refractivity (Wildman–Crippen MR) is 142 cm³/mol. The van der Waals surface area contributed by atoms with Crippen molar-refractivity contribution in [3.63, 3.8) is 0 Å². The van der Waals surface area contributed by atoms with Crippen LogP contribution < -0.4 is 5.69 Å². The van der Waals surface area contributed by atoms with E-state index in [1.165, 1.54) is 17.0 Å². The minimum Gasteiger partial charge on any atom is -0.320 e. The largest absolute Gasteiger partial charge is 0.418 e. The SMILES string of the molecule is Cn1cnnc1[C@@H](c1cccc(-n2cc3c(C(F)(F)F)cc(CN4CCC(C)(F)CC4)cn3c2=O)c1)C1CCC1. The van der Waals surface area contributed by atoms with Crippen molar-refractivity contribution >= 4 is 5.52 Å². The summed E-state index contributed by atoms with van der Waals surface area (Å²) in [5.74, 6) is 1.18. The standard InChI is InChI=1S/C29H32F4N6O/c1-28(30)9-11-37(12-10-28)15-19-13-23(29(31,32)33)24-17-38(27(40)39(24)16-19)22-8-4-7-21(14-22)25(20-5-3-6-20)26-35-34-18-36(26)2/h4,7-8,13-14,16-18,20,25H,3,5-6,9-12,15H2,1-2H3/t25-/m1/s1. The van der Waals surface area contributed by atoms with Crippen molar-refractivity contribution in [2.45, 2.75) is 63.3 Å². The molecule has 4 aromatic rings. The number of pyridine rings is 1. The number of fused-ring (bicyclic) bond motifs is 1. The number of nitrogens with zero attached hydrogens (tertiary/aromatic N) is 6. The Morgan fingerprint density at radius 2 is 1.88 bits per heavy atom. The third-order valence-corrected chi connectivity index (χ3v) is 8.59. The van der Waals surface area contributed by atoms with Gasteiger partial charge in [0.2, 0.25) is 0 Å². The van der Waals surface area contributed by atoms with Crippen LogP contribution in [-0.4, -0.2) is 47.4 Å². The lowest BCUT2D eigenvalue weighted by molar-refractivity contribution is -0.136. The van der Waals surface area contributed by atoms with Crippen molar-refractivity contribution in [3.05, 3.63) is 82.1 Å². The van der Waals surface area contributed by atoms with Crippen molar-refractivity contribution in [1.29, 1.82) is 0 Å². The number of imidazole rings is 1. The first-order chi connectivity index (χ1) is 19.0. The molecule has 1 saturated heterocycles. The van der Waals surface area contributed by atoms with Crippen LogP contribution in [0, 0.1) is 5.92 Å². The average Bonchev–Trinajstić information content (AvgIpc) is 3.44. The van der Waals surface area contributed by atoms with Crippen LogP contribution in [0.5, 0.6) is 0 Å². The van der Waals surface area contributed by atoms with Gasteiger partial charge in [0.05, 0.1) is 16.8 Å². The van der Waals surface area contributed by atoms with Gasteiger partial charge >= 0.3 is 11.9 Å². The minimum absolute atomic E-state index is 0.0259. The van der Waals surface area contributed by atoms with Crippen LogP contribution in [0.4, 0.5) is 17.6 Å². The van der Waals surface area contributed by atoms with E-state index in [9.17, 15) is 22.4 Å². The van der Waals surface area contributed by atoms with E-state index in [0.29, 0.717) is 43.1 Å². The Labute approximate surface area is 229 Å². The Hall–Kier alpha value is -3.47. The summed E-state index contributed by atoms with van der Waals surface area (Å²) < 4.78 is 61.1. The molecular weight excluding hydrogens is 524 g/mol. The first-order valence-electron chi connectivity index (χ1n) is 13.7. The Morgan fingerprint density at radius 1 is 1.12 bits per heavy atom. The van der Waals surface area contributed by atoms with Gasteiger partial charge in [-0.15, -0.1) is 10.2 Å². The fourth-order valence-corrected chi connectivity index (χ4v) is 6.03. The van der Waals surface area contributed by atoms with E-state index < -0.39 is 23.1 Å². The van der Waals surface area contributed by atoms with Crippen LogP contribution in [0.15, 0.2) is 53.8 Å². The van der Waals surface area contributed by atoms with Crippen LogP contribution in [0.3, 0.4) is 0 Å². The van der Waals surface area contributed by atoms with Gasteiger partial charge in [-0.25, -0.2) is 9.18 Å².